The molecular formula is C16H20F2N2O2. The molecule has 0 spiro atoms. The summed E-state index contributed by atoms with van der Waals surface area (Å²) in [6.45, 7) is 2.64. The number of nitrogens with zero attached hydrogens (tertiary/aromatic N) is 2. The highest BCUT2D eigenvalue weighted by Gasteiger charge is 2.23. The molecule has 1 fully saturated rings. The van der Waals surface area contributed by atoms with Crippen molar-refractivity contribution >= 4 is 17.5 Å². The number of hydrogen-bond donors (Lipinski definition) is 0. The average molecular weight is 310 g/mol. The van der Waals surface area contributed by atoms with Gasteiger partial charge in [-0.2, -0.15) is 0 Å². The van der Waals surface area contributed by atoms with Gasteiger partial charge in [0.25, 0.3) is 0 Å². The van der Waals surface area contributed by atoms with E-state index in [1.54, 1.807) is 4.90 Å². The number of benzene rings is 1. The predicted molar refractivity (Wildman–Crippen MR) is 79.4 cm³/mol. The van der Waals surface area contributed by atoms with Gasteiger partial charge in [0.2, 0.25) is 11.8 Å². The average Bonchev–Trinajstić information content (AvgIpc) is 2.50. The fraction of sp³-hybridized carbons (Fsp3) is 0.500. The lowest BCUT2D eigenvalue weighted by Crippen LogP contribution is -2.39. The minimum absolute atomic E-state index is 0.0253. The van der Waals surface area contributed by atoms with Crippen LogP contribution < -0.4 is 4.90 Å². The van der Waals surface area contributed by atoms with E-state index in [0.717, 1.165) is 36.3 Å². The Labute approximate surface area is 128 Å². The first-order valence-electron chi connectivity index (χ1n) is 7.50. The second-order valence-corrected chi connectivity index (χ2v) is 5.43. The second-order valence-electron chi connectivity index (χ2n) is 5.43. The summed E-state index contributed by atoms with van der Waals surface area (Å²) in [6, 6.07) is 3.44. The van der Waals surface area contributed by atoms with E-state index in [2.05, 4.69) is 0 Å². The molecule has 0 bridgehead atoms. The van der Waals surface area contributed by atoms with Crippen LogP contribution in [0, 0.1) is 11.6 Å². The van der Waals surface area contributed by atoms with Crippen molar-refractivity contribution in [3.63, 3.8) is 0 Å². The van der Waals surface area contributed by atoms with Crippen molar-refractivity contribution < 1.29 is 18.4 Å². The van der Waals surface area contributed by atoms with E-state index < -0.39 is 17.5 Å². The van der Waals surface area contributed by atoms with Gasteiger partial charge in [0.15, 0.2) is 0 Å². The Morgan fingerprint density at radius 3 is 2.27 bits per heavy atom. The number of piperidine rings is 1. The number of carbonyl (C=O) groups excluding carboxylic acids is 2. The van der Waals surface area contributed by atoms with Crippen LogP contribution in [0.15, 0.2) is 18.2 Å². The van der Waals surface area contributed by atoms with Gasteiger partial charge in [-0.3, -0.25) is 9.59 Å². The summed E-state index contributed by atoms with van der Waals surface area (Å²) in [5.74, 6) is -2.18. The Balaban J connectivity index is 2.06. The maximum atomic E-state index is 13.8. The molecule has 0 radical (unpaired) electrons. The van der Waals surface area contributed by atoms with Crippen molar-refractivity contribution in [2.45, 2.75) is 32.6 Å². The van der Waals surface area contributed by atoms with E-state index in [4.69, 9.17) is 0 Å². The number of halogens is 2. The zero-order valence-corrected chi connectivity index (χ0v) is 12.6. The molecule has 0 aliphatic carbocycles. The van der Waals surface area contributed by atoms with Crippen molar-refractivity contribution in [2.75, 3.05) is 24.5 Å². The minimum atomic E-state index is -0.805. The molecule has 1 aromatic rings. The van der Waals surface area contributed by atoms with Gasteiger partial charge in [0.05, 0.1) is 0 Å². The van der Waals surface area contributed by atoms with Crippen LogP contribution in [0.25, 0.3) is 0 Å². The number of likely N-dealkylation sites (tertiary alicyclic amines) is 1. The van der Waals surface area contributed by atoms with Gasteiger partial charge < -0.3 is 9.80 Å². The molecular weight excluding hydrogens is 290 g/mol. The normalized spacial score (nSPS) is 14.8. The summed E-state index contributed by atoms with van der Waals surface area (Å²) < 4.78 is 27.6. The van der Waals surface area contributed by atoms with Crippen molar-refractivity contribution in [3.05, 3.63) is 29.8 Å². The fourth-order valence-electron chi connectivity index (χ4n) is 2.68. The van der Waals surface area contributed by atoms with Crippen molar-refractivity contribution in [1.29, 1.82) is 0 Å². The van der Waals surface area contributed by atoms with Gasteiger partial charge in [-0.25, -0.2) is 8.78 Å². The van der Waals surface area contributed by atoms with Crippen LogP contribution in [-0.2, 0) is 9.59 Å². The molecule has 22 heavy (non-hydrogen) atoms. The summed E-state index contributed by atoms with van der Waals surface area (Å²) in [5, 5.41) is 0. The van der Waals surface area contributed by atoms with Crippen LogP contribution in [0.5, 0.6) is 0 Å². The Morgan fingerprint density at radius 2 is 1.73 bits per heavy atom. The van der Waals surface area contributed by atoms with E-state index in [0.29, 0.717) is 13.1 Å². The van der Waals surface area contributed by atoms with Crippen LogP contribution in [0.1, 0.15) is 32.6 Å². The zero-order chi connectivity index (χ0) is 16.1. The minimum Gasteiger partial charge on any atom is -0.343 e. The highest BCUT2D eigenvalue weighted by molar-refractivity contribution is 5.92. The molecule has 0 N–H and O–H groups in total. The van der Waals surface area contributed by atoms with E-state index >= 15 is 0 Å². The summed E-state index contributed by atoms with van der Waals surface area (Å²) in [4.78, 5) is 26.6. The maximum absolute atomic E-state index is 13.8. The third kappa shape index (κ3) is 3.81. The molecule has 6 heteroatoms. The van der Waals surface area contributed by atoms with Gasteiger partial charge in [0, 0.05) is 33.0 Å². The first-order valence-corrected chi connectivity index (χ1v) is 7.50. The lowest BCUT2D eigenvalue weighted by Gasteiger charge is -2.28. The lowest BCUT2D eigenvalue weighted by molar-refractivity contribution is -0.131. The predicted octanol–water partition coefficient (Wildman–Crippen LogP) is 2.72. The molecule has 4 nitrogen and oxygen atoms in total. The van der Waals surface area contributed by atoms with E-state index in [1.165, 1.54) is 13.0 Å². The summed E-state index contributed by atoms with van der Waals surface area (Å²) in [7, 11) is 0. The number of rotatable bonds is 4. The van der Waals surface area contributed by atoms with Crippen LogP contribution in [0.2, 0.25) is 0 Å². The van der Waals surface area contributed by atoms with Crippen LogP contribution in [0.3, 0.4) is 0 Å². The summed E-state index contributed by atoms with van der Waals surface area (Å²) in [5.41, 5.74) is -0.388. The Morgan fingerprint density at radius 1 is 1.14 bits per heavy atom. The summed E-state index contributed by atoms with van der Waals surface area (Å²) in [6.07, 6.45) is 3.13. The van der Waals surface area contributed by atoms with Gasteiger partial charge in [-0.15, -0.1) is 0 Å². The molecule has 1 heterocycles. The highest BCUT2D eigenvalue weighted by Crippen LogP contribution is 2.23. The summed E-state index contributed by atoms with van der Waals surface area (Å²) >= 11 is 0. The molecule has 1 saturated heterocycles. The smallest absolute Gasteiger partial charge is 0.224 e. The second kappa shape index (κ2) is 7.33. The topological polar surface area (TPSA) is 40.6 Å². The quantitative estimate of drug-likeness (QED) is 0.858. The van der Waals surface area contributed by atoms with Crippen LogP contribution in [-0.4, -0.2) is 36.3 Å². The molecule has 1 aromatic carbocycles. The van der Waals surface area contributed by atoms with Crippen molar-refractivity contribution in [3.8, 4) is 0 Å². The SMILES string of the molecule is CC(=O)N(CCC(=O)N1CCCCC1)c1c(F)cccc1F. The molecule has 2 amide bonds. The van der Waals surface area contributed by atoms with Gasteiger partial charge in [-0.05, 0) is 31.4 Å². The van der Waals surface area contributed by atoms with E-state index in [1.807, 2.05) is 0 Å². The molecule has 0 aromatic heterocycles. The molecule has 0 saturated carbocycles. The number of anilines is 1. The largest absolute Gasteiger partial charge is 0.343 e. The third-order valence-corrected chi connectivity index (χ3v) is 3.85. The lowest BCUT2D eigenvalue weighted by atomic mass is 10.1. The molecule has 1 aliphatic rings. The van der Waals surface area contributed by atoms with E-state index in [-0.39, 0.29) is 24.6 Å². The molecule has 2 rings (SSSR count). The zero-order valence-electron chi connectivity index (χ0n) is 12.6. The van der Waals surface area contributed by atoms with Gasteiger partial charge >= 0.3 is 0 Å². The van der Waals surface area contributed by atoms with E-state index in [9.17, 15) is 18.4 Å². The fourth-order valence-corrected chi connectivity index (χ4v) is 2.68. The van der Waals surface area contributed by atoms with Crippen molar-refractivity contribution in [2.24, 2.45) is 0 Å². The standard InChI is InChI=1S/C16H20F2N2O2/c1-12(21)20(16-13(17)6-5-7-14(16)18)11-8-15(22)19-9-3-2-4-10-19/h5-7H,2-4,8-11H2,1H3. The Kier molecular flexibility index (Phi) is 5.46. The Hall–Kier alpha value is -1.98. The number of carbonyl (C=O) groups is 2. The van der Waals surface area contributed by atoms with Crippen LogP contribution in [0.4, 0.5) is 14.5 Å². The Bertz CT molecular complexity index is 537. The first kappa shape index (κ1) is 16.4. The van der Waals surface area contributed by atoms with Crippen LogP contribution >= 0.6 is 0 Å². The molecule has 1 aliphatic heterocycles. The molecule has 120 valence electrons. The van der Waals surface area contributed by atoms with Crippen molar-refractivity contribution in [1.82, 2.24) is 4.90 Å². The highest BCUT2D eigenvalue weighted by atomic mass is 19.1. The number of para-hydroxylation sites is 1. The maximum Gasteiger partial charge on any atom is 0.224 e. The first-order chi connectivity index (χ1) is 10.5. The monoisotopic (exact) mass is 310 g/mol. The molecule has 0 atom stereocenters. The number of hydrogen-bond acceptors (Lipinski definition) is 2. The van der Waals surface area contributed by atoms with Gasteiger partial charge in [0.1, 0.15) is 17.3 Å². The third-order valence-electron chi connectivity index (χ3n) is 3.85. The molecule has 0 unspecified atom stereocenters. The van der Waals surface area contributed by atoms with Gasteiger partial charge in [-0.1, -0.05) is 6.07 Å². The number of amides is 2.